The number of aliphatic hydroxyl groups excluding tert-OH is 1. The van der Waals surface area contributed by atoms with E-state index in [9.17, 15) is 9.90 Å². The van der Waals surface area contributed by atoms with Gasteiger partial charge in [0.1, 0.15) is 0 Å². The summed E-state index contributed by atoms with van der Waals surface area (Å²) in [5.41, 5.74) is 0.632. The molecule has 0 spiro atoms. The van der Waals surface area contributed by atoms with Gasteiger partial charge in [0.2, 0.25) is 0 Å². The second-order valence-corrected chi connectivity index (χ2v) is 5.28. The molecule has 0 saturated heterocycles. The summed E-state index contributed by atoms with van der Waals surface area (Å²) in [6.45, 7) is 4.41. The summed E-state index contributed by atoms with van der Waals surface area (Å²) in [6, 6.07) is 7.19. The lowest BCUT2D eigenvalue weighted by molar-refractivity contribution is 0.0920. The summed E-state index contributed by atoms with van der Waals surface area (Å²) in [5.74, 6) is 0.119. The van der Waals surface area contributed by atoms with E-state index in [2.05, 4.69) is 21.2 Å². The SMILES string of the molecule is CC(C)C(O)CCNC(=O)c1ccc(Br)cc1. The highest BCUT2D eigenvalue weighted by molar-refractivity contribution is 9.10. The molecule has 1 amide bonds. The fourth-order valence-corrected chi connectivity index (χ4v) is 1.63. The molecule has 94 valence electrons. The third-order valence-corrected chi connectivity index (χ3v) is 3.13. The molecular formula is C13H18BrNO2. The summed E-state index contributed by atoms with van der Waals surface area (Å²) >= 11 is 3.32. The molecule has 0 fully saturated rings. The van der Waals surface area contributed by atoms with E-state index in [-0.39, 0.29) is 17.9 Å². The molecule has 0 aliphatic heterocycles. The Morgan fingerprint density at radius 3 is 2.47 bits per heavy atom. The number of carbonyl (C=O) groups excluding carboxylic acids is 1. The molecule has 0 aromatic heterocycles. The first-order valence-corrected chi connectivity index (χ1v) is 6.52. The molecule has 3 nitrogen and oxygen atoms in total. The predicted octanol–water partition coefficient (Wildman–Crippen LogP) is 2.59. The van der Waals surface area contributed by atoms with Crippen molar-refractivity contribution in [3.05, 3.63) is 34.3 Å². The maximum Gasteiger partial charge on any atom is 0.251 e. The first-order chi connectivity index (χ1) is 8.00. The molecule has 1 aromatic rings. The zero-order chi connectivity index (χ0) is 12.8. The molecule has 0 heterocycles. The van der Waals surface area contributed by atoms with E-state index in [0.717, 1.165) is 4.47 Å². The summed E-state index contributed by atoms with van der Waals surface area (Å²) < 4.78 is 0.948. The van der Waals surface area contributed by atoms with Gasteiger partial charge in [-0.1, -0.05) is 29.8 Å². The summed E-state index contributed by atoms with van der Waals surface area (Å²) in [7, 11) is 0. The number of rotatable bonds is 5. The Kier molecular flexibility index (Phi) is 5.65. The van der Waals surface area contributed by atoms with Gasteiger partial charge in [-0.05, 0) is 36.6 Å². The number of aliphatic hydroxyl groups is 1. The minimum Gasteiger partial charge on any atom is -0.393 e. The van der Waals surface area contributed by atoms with Gasteiger partial charge < -0.3 is 10.4 Å². The van der Waals surface area contributed by atoms with E-state index < -0.39 is 0 Å². The van der Waals surface area contributed by atoms with Crippen LogP contribution in [0.1, 0.15) is 30.6 Å². The van der Waals surface area contributed by atoms with E-state index in [4.69, 9.17) is 0 Å². The normalized spacial score (nSPS) is 12.5. The molecule has 0 saturated carbocycles. The molecule has 0 aliphatic rings. The molecule has 17 heavy (non-hydrogen) atoms. The summed E-state index contributed by atoms with van der Waals surface area (Å²) in [6.07, 6.45) is 0.222. The highest BCUT2D eigenvalue weighted by Gasteiger charge is 2.10. The summed E-state index contributed by atoms with van der Waals surface area (Å²) in [5, 5.41) is 12.4. The van der Waals surface area contributed by atoms with Crippen molar-refractivity contribution in [1.29, 1.82) is 0 Å². The van der Waals surface area contributed by atoms with E-state index in [0.29, 0.717) is 18.5 Å². The minimum absolute atomic E-state index is 0.103. The van der Waals surface area contributed by atoms with E-state index in [1.54, 1.807) is 12.1 Å². The zero-order valence-corrected chi connectivity index (χ0v) is 11.7. The highest BCUT2D eigenvalue weighted by atomic mass is 79.9. The Bertz CT molecular complexity index is 362. The number of amides is 1. The van der Waals surface area contributed by atoms with Crippen LogP contribution in [0.5, 0.6) is 0 Å². The van der Waals surface area contributed by atoms with Crippen LogP contribution in [-0.4, -0.2) is 23.7 Å². The fourth-order valence-electron chi connectivity index (χ4n) is 1.37. The molecule has 1 rings (SSSR count). The number of hydrogen-bond acceptors (Lipinski definition) is 2. The zero-order valence-electron chi connectivity index (χ0n) is 10.1. The van der Waals surface area contributed by atoms with Crippen molar-refractivity contribution in [1.82, 2.24) is 5.32 Å². The first-order valence-electron chi connectivity index (χ1n) is 5.72. The van der Waals surface area contributed by atoms with Crippen molar-refractivity contribution in [2.24, 2.45) is 5.92 Å². The standard InChI is InChI=1S/C13H18BrNO2/c1-9(2)12(16)7-8-15-13(17)10-3-5-11(14)6-4-10/h3-6,9,12,16H,7-8H2,1-2H3,(H,15,17). The Hall–Kier alpha value is -0.870. The predicted molar refractivity (Wildman–Crippen MR) is 71.9 cm³/mol. The number of nitrogens with one attached hydrogen (secondary N) is 1. The van der Waals surface area contributed by atoms with Gasteiger partial charge in [-0.25, -0.2) is 0 Å². The van der Waals surface area contributed by atoms with Crippen LogP contribution < -0.4 is 5.32 Å². The van der Waals surface area contributed by atoms with E-state index >= 15 is 0 Å². The van der Waals surface area contributed by atoms with Gasteiger partial charge in [-0.3, -0.25) is 4.79 Å². The lowest BCUT2D eigenvalue weighted by atomic mass is 10.0. The Labute approximate surface area is 110 Å². The van der Waals surface area contributed by atoms with Gasteiger partial charge in [0.25, 0.3) is 5.91 Å². The smallest absolute Gasteiger partial charge is 0.251 e. The van der Waals surface area contributed by atoms with E-state index in [1.165, 1.54) is 0 Å². The lowest BCUT2D eigenvalue weighted by Crippen LogP contribution is -2.28. The minimum atomic E-state index is -0.361. The van der Waals surface area contributed by atoms with Crippen molar-refractivity contribution >= 4 is 21.8 Å². The molecular weight excluding hydrogens is 282 g/mol. The monoisotopic (exact) mass is 299 g/mol. The van der Waals surface area contributed by atoms with Gasteiger partial charge in [0.15, 0.2) is 0 Å². The second-order valence-electron chi connectivity index (χ2n) is 4.36. The molecule has 1 atom stereocenters. The molecule has 4 heteroatoms. The number of halogens is 1. The topological polar surface area (TPSA) is 49.3 Å². The number of hydrogen-bond donors (Lipinski definition) is 2. The molecule has 1 aromatic carbocycles. The maximum atomic E-state index is 11.7. The Balaban J connectivity index is 2.37. The van der Waals surface area contributed by atoms with Gasteiger partial charge >= 0.3 is 0 Å². The first kappa shape index (κ1) is 14.2. The van der Waals surface area contributed by atoms with Crippen molar-refractivity contribution in [2.45, 2.75) is 26.4 Å². The average Bonchev–Trinajstić information content (AvgIpc) is 2.29. The highest BCUT2D eigenvalue weighted by Crippen LogP contribution is 2.10. The van der Waals surface area contributed by atoms with Crippen molar-refractivity contribution in [2.75, 3.05) is 6.54 Å². The largest absolute Gasteiger partial charge is 0.393 e. The van der Waals surface area contributed by atoms with Crippen LogP contribution in [0.15, 0.2) is 28.7 Å². The average molecular weight is 300 g/mol. The quantitative estimate of drug-likeness (QED) is 0.878. The molecule has 0 bridgehead atoms. The van der Waals surface area contributed by atoms with Crippen LogP contribution in [-0.2, 0) is 0 Å². The van der Waals surface area contributed by atoms with Crippen LogP contribution >= 0.6 is 15.9 Å². The molecule has 0 radical (unpaired) electrons. The Morgan fingerprint density at radius 2 is 1.94 bits per heavy atom. The van der Waals surface area contributed by atoms with Gasteiger partial charge in [-0.15, -0.1) is 0 Å². The van der Waals surface area contributed by atoms with Crippen LogP contribution in [0.3, 0.4) is 0 Å². The lowest BCUT2D eigenvalue weighted by Gasteiger charge is -2.14. The van der Waals surface area contributed by atoms with Crippen molar-refractivity contribution in [3.63, 3.8) is 0 Å². The van der Waals surface area contributed by atoms with Gasteiger partial charge in [0.05, 0.1) is 6.10 Å². The maximum absolute atomic E-state index is 11.7. The third kappa shape index (κ3) is 4.88. The third-order valence-electron chi connectivity index (χ3n) is 2.60. The van der Waals surface area contributed by atoms with Crippen LogP contribution in [0.4, 0.5) is 0 Å². The second kappa shape index (κ2) is 6.77. The van der Waals surface area contributed by atoms with Gasteiger partial charge in [-0.2, -0.15) is 0 Å². The van der Waals surface area contributed by atoms with Gasteiger partial charge in [0, 0.05) is 16.6 Å². The Morgan fingerprint density at radius 1 is 1.35 bits per heavy atom. The van der Waals surface area contributed by atoms with Crippen LogP contribution in [0.25, 0.3) is 0 Å². The molecule has 0 aliphatic carbocycles. The molecule has 1 unspecified atom stereocenters. The van der Waals surface area contributed by atoms with Crippen molar-refractivity contribution < 1.29 is 9.90 Å². The van der Waals surface area contributed by atoms with Crippen LogP contribution in [0.2, 0.25) is 0 Å². The van der Waals surface area contributed by atoms with Crippen LogP contribution in [0, 0.1) is 5.92 Å². The van der Waals surface area contributed by atoms with E-state index in [1.807, 2.05) is 26.0 Å². The fraction of sp³-hybridized carbons (Fsp3) is 0.462. The molecule has 2 N–H and O–H groups in total. The summed E-state index contributed by atoms with van der Waals surface area (Å²) in [4.78, 5) is 11.7. The number of carbonyl (C=O) groups is 1. The number of benzene rings is 1. The van der Waals surface area contributed by atoms with Crippen molar-refractivity contribution in [3.8, 4) is 0 Å².